The normalized spacial score (nSPS) is 11.0. The Morgan fingerprint density at radius 2 is 1.18 bits per heavy atom. The Morgan fingerprint density at radius 3 is 1.66 bits per heavy atom. The first-order chi connectivity index (χ1) is 28.5. The molecule has 0 atom stereocenters. The highest BCUT2D eigenvalue weighted by Gasteiger charge is 2.15. The smallest absolute Gasteiger partial charge is 0.240 e. The number of rotatable bonds is 11. The molecule has 2 heterocycles. The number of nitrogens with zero attached hydrogens (tertiary/aromatic N) is 2. The topological polar surface area (TPSA) is 169 Å². The van der Waals surface area contributed by atoms with Crippen molar-refractivity contribution >= 4 is 87.8 Å². The van der Waals surface area contributed by atoms with E-state index in [1.54, 1.807) is 74.6 Å². The van der Waals surface area contributed by atoms with E-state index in [9.17, 15) is 28.1 Å². The SMILES string of the molecule is CC(C)NS(=O)(=O)c1ccc(Br)cc1.CC(C)Nc1cc(Cl)cc(Cl)c1O.CC(C)Nc1nc(-c2ccc(O)c(O)c2)cs1.Cc1cc(-c2csc(NC(C)C)n2)ccc1F. The molecule has 6 aromatic rings. The van der Waals surface area contributed by atoms with E-state index >= 15 is 0 Å². The van der Waals surface area contributed by atoms with Gasteiger partial charge in [-0.2, -0.15) is 0 Å². The number of sulfonamides is 1. The summed E-state index contributed by atoms with van der Waals surface area (Å²) in [5.41, 5.74) is 4.63. The summed E-state index contributed by atoms with van der Waals surface area (Å²) >= 11 is 17.8. The lowest BCUT2D eigenvalue weighted by Gasteiger charge is -2.12. The average molecular weight is 999 g/mol. The van der Waals surface area contributed by atoms with Crippen molar-refractivity contribution in [2.45, 2.75) is 91.4 Å². The zero-order chi connectivity index (χ0) is 45.6. The third kappa shape index (κ3) is 17.3. The minimum Gasteiger partial charge on any atom is -0.504 e. The molecule has 0 radical (unpaired) electrons. The van der Waals surface area contributed by atoms with Gasteiger partial charge in [0.05, 0.1) is 27.0 Å². The molecule has 0 amide bonds. The van der Waals surface area contributed by atoms with Gasteiger partial charge in [-0.3, -0.25) is 0 Å². The molecular weight excluding hydrogens is 947 g/mol. The first kappa shape index (κ1) is 51.2. The number of halogens is 4. The zero-order valence-corrected chi connectivity index (χ0v) is 40.7. The van der Waals surface area contributed by atoms with Crippen molar-refractivity contribution in [1.29, 1.82) is 0 Å². The van der Waals surface area contributed by atoms with Gasteiger partial charge in [-0.15, -0.1) is 22.7 Å². The largest absolute Gasteiger partial charge is 0.504 e. The Balaban J connectivity index is 0.000000218. The second-order valence-corrected chi connectivity index (χ2v) is 19.8. The summed E-state index contributed by atoms with van der Waals surface area (Å²) in [5.74, 6) is -0.386. The number of nitrogens with one attached hydrogen (secondary N) is 4. The number of anilines is 3. The van der Waals surface area contributed by atoms with Crippen molar-refractivity contribution < 1.29 is 28.1 Å². The highest BCUT2D eigenvalue weighted by molar-refractivity contribution is 9.10. The molecule has 0 bridgehead atoms. The molecule has 6 rings (SSSR count). The Hall–Kier alpha value is -4.16. The first-order valence-corrected chi connectivity index (χ1v) is 23.8. The van der Waals surface area contributed by atoms with Crippen LogP contribution >= 0.6 is 61.8 Å². The molecular formula is C43H52BrCl2FN6O5S3. The maximum Gasteiger partial charge on any atom is 0.240 e. The van der Waals surface area contributed by atoms with Crippen LogP contribution in [0.25, 0.3) is 22.5 Å². The minimum atomic E-state index is -3.35. The van der Waals surface area contributed by atoms with Gasteiger partial charge < -0.3 is 31.3 Å². The molecule has 0 unspecified atom stereocenters. The van der Waals surface area contributed by atoms with Crippen molar-refractivity contribution in [2.75, 3.05) is 16.0 Å². The summed E-state index contributed by atoms with van der Waals surface area (Å²) in [6.07, 6.45) is 0. The van der Waals surface area contributed by atoms with Gasteiger partial charge >= 0.3 is 0 Å². The van der Waals surface area contributed by atoms with Crippen molar-refractivity contribution in [2.24, 2.45) is 0 Å². The molecule has 0 aliphatic carbocycles. The number of thiazole rings is 2. The van der Waals surface area contributed by atoms with E-state index in [1.165, 1.54) is 35.6 Å². The highest BCUT2D eigenvalue weighted by Crippen LogP contribution is 2.35. The van der Waals surface area contributed by atoms with Crippen LogP contribution in [0.15, 0.2) is 92.9 Å². The quantitative estimate of drug-likeness (QED) is 0.0621. The molecule has 0 fully saturated rings. The second kappa shape index (κ2) is 23.9. The minimum absolute atomic E-state index is 0.0415. The molecule has 0 saturated carbocycles. The number of aryl methyl sites for hydroxylation is 1. The Labute approximate surface area is 384 Å². The highest BCUT2D eigenvalue weighted by atomic mass is 79.9. The standard InChI is InChI=1S/C13H15FN2S.C12H14N2O2S.C9H12BrNO2S.C9H11Cl2NO/c1-8(2)15-13-16-12(7-17-13)10-4-5-11(14)9(3)6-10;1-7(2)13-12-14-9(6-17-12)8-3-4-10(15)11(16)5-8;1-7(2)11-14(12,13)9-5-3-8(10)4-6-9;1-5(2)12-8-4-6(10)3-7(11)9(8)13/h4-8H,1-3H3,(H,15,16);3-7,15-16H,1-2H3,(H,13,14);3-7,11H,1-2H3;3-5,12-13H,1-2H3. The van der Waals surface area contributed by atoms with Crippen LogP contribution in [-0.4, -0.2) is 57.9 Å². The number of benzene rings is 4. The summed E-state index contributed by atoms with van der Waals surface area (Å²) in [7, 11) is -3.35. The Bertz CT molecular complexity index is 2340. The molecule has 18 heteroatoms. The summed E-state index contributed by atoms with van der Waals surface area (Å²) in [6.45, 7) is 17.5. The van der Waals surface area contributed by atoms with Crippen molar-refractivity contribution in [3.05, 3.63) is 109 Å². The fourth-order valence-electron chi connectivity index (χ4n) is 4.91. The van der Waals surface area contributed by atoms with Crippen molar-refractivity contribution in [3.8, 4) is 39.8 Å². The lowest BCUT2D eigenvalue weighted by atomic mass is 10.1. The van der Waals surface area contributed by atoms with Crippen LogP contribution in [0.2, 0.25) is 10.0 Å². The van der Waals surface area contributed by atoms with E-state index in [0.717, 1.165) is 37.3 Å². The van der Waals surface area contributed by atoms with Crippen LogP contribution in [0.1, 0.15) is 61.0 Å². The van der Waals surface area contributed by atoms with E-state index in [1.807, 2.05) is 44.5 Å². The fraction of sp³-hybridized carbons (Fsp3) is 0.302. The molecule has 0 spiro atoms. The average Bonchev–Trinajstić information content (AvgIpc) is 3.82. The van der Waals surface area contributed by atoms with Crippen molar-refractivity contribution in [1.82, 2.24) is 14.7 Å². The first-order valence-electron chi connectivity index (χ1n) is 19.0. The van der Waals surface area contributed by atoms with E-state index in [0.29, 0.717) is 28.4 Å². The lowest BCUT2D eigenvalue weighted by Crippen LogP contribution is -2.30. The van der Waals surface area contributed by atoms with Crippen molar-refractivity contribution in [3.63, 3.8) is 0 Å². The summed E-state index contributed by atoms with van der Waals surface area (Å²) in [4.78, 5) is 9.17. The molecule has 0 aliphatic heterocycles. The van der Waals surface area contributed by atoms with Gasteiger partial charge in [-0.25, -0.2) is 27.5 Å². The monoisotopic (exact) mass is 996 g/mol. The van der Waals surface area contributed by atoms with Gasteiger partial charge in [-0.05, 0) is 141 Å². The van der Waals surface area contributed by atoms with Gasteiger partial charge in [0.15, 0.2) is 27.5 Å². The molecule has 2 aromatic heterocycles. The number of hydrogen-bond donors (Lipinski definition) is 7. The molecule has 0 aliphatic rings. The van der Waals surface area contributed by atoms with Gasteiger partial charge in [-0.1, -0.05) is 39.1 Å². The maximum atomic E-state index is 13.2. The van der Waals surface area contributed by atoms with Crippen LogP contribution in [-0.2, 0) is 10.0 Å². The number of hydrogen-bond acceptors (Lipinski definition) is 12. The molecule has 61 heavy (non-hydrogen) atoms. The van der Waals surface area contributed by atoms with Crippen LogP contribution in [0, 0.1) is 12.7 Å². The number of phenols is 3. The zero-order valence-electron chi connectivity index (χ0n) is 35.2. The third-order valence-electron chi connectivity index (χ3n) is 7.54. The molecule has 11 nitrogen and oxygen atoms in total. The predicted molar refractivity (Wildman–Crippen MR) is 257 cm³/mol. The van der Waals surface area contributed by atoms with Crippen LogP contribution in [0.3, 0.4) is 0 Å². The lowest BCUT2D eigenvalue weighted by molar-refractivity contribution is 0.404. The van der Waals surface area contributed by atoms with Gasteiger partial charge in [0.25, 0.3) is 0 Å². The molecule has 330 valence electrons. The number of aromatic nitrogens is 2. The van der Waals surface area contributed by atoms with Gasteiger partial charge in [0.1, 0.15) is 5.82 Å². The van der Waals surface area contributed by atoms with Crippen LogP contribution in [0.5, 0.6) is 17.2 Å². The second-order valence-electron chi connectivity index (χ2n) is 14.7. The molecule has 4 aromatic carbocycles. The molecule has 7 N–H and O–H groups in total. The number of phenolic OH excluding ortho intramolecular Hbond substituents is 3. The van der Waals surface area contributed by atoms with Gasteiger partial charge in [0.2, 0.25) is 10.0 Å². The molecule has 0 saturated heterocycles. The third-order valence-corrected chi connectivity index (χ3v) is 11.8. The van der Waals surface area contributed by atoms with Crippen LogP contribution < -0.4 is 20.7 Å². The van der Waals surface area contributed by atoms with E-state index < -0.39 is 10.0 Å². The summed E-state index contributed by atoms with van der Waals surface area (Å²) in [6, 6.07) is 20.3. The maximum absolute atomic E-state index is 13.2. The Morgan fingerprint density at radius 1 is 0.672 bits per heavy atom. The fourth-order valence-corrected chi connectivity index (χ4v) is 8.65. The Kier molecular flexibility index (Phi) is 20.0. The number of aromatic hydroxyl groups is 3. The van der Waals surface area contributed by atoms with E-state index in [-0.39, 0.29) is 45.1 Å². The van der Waals surface area contributed by atoms with Crippen LogP contribution in [0.4, 0.5) is 20.3 Å². The summed E-state index contributed by atoms with van der Waals surface area (Å²) in [5, 5.41) is 44.1. The van der Waals surface area contributed by atoms with E-state index in [4.69, 9.17) is 23.2 Å². The van der Waals surface area contributed by atoms with Gasteiger partial charge in [0, 0.05) is 55.5 Å². The summed E-state index contributed by atoms with van der Waals surface area (Å²) < 4.78 is 39.8. The predicted octanol–water partition coefficient (Wildman–Crippen LogP) is 12.8. The van der Waals surface area contributed by atoms with E-state index in [2.05, 4.69) is 60.4 Å².